The maximum absolute atomic E-state index is 12.7. The third-order valence-electron chi connectivity index (χ3n) is 4.59. The molecular formula is C18H24N2O2S2. The van der Waals surface area contributed by atoms with E-state index >= 15 is 0 Å². The summed E-state index contributed by atoms with van der Waals surface area (Å²) < 4.78 is 28.2. The summed E-state index contributed by atoms with van der Waals surface area (Å²) in [6.07, 6.45) is 4.38. The monoisotopic (exact) mass is 364 g/mol. The van der Waals surface area contributed by atoms with Crippen LogP contribution in [0.15, 0.2) is 40.6 Å². The second kappa shape index (κ2) is 7.35. The van der Waals surface area contributed by atoms with Crippen LogP contribution in [0.1, 0.15) is 34.9 Å². The van der Waals surface area contributed by atoms with E-state index in [1.165, 1.54) is 17.5 Å². The largest absolute Gasteiger partial charge is 0.300 e. The van der Waals surface area contributed by atoms with Gasteiger partial charge in [-0.15, -0.1) is 11.3 Å². The van der Waals surface area contributed by atoms with Crippen molar-refractivity contribution in [3.05, 3.63) is 51.7 Å². The Hall–Kier alpha value is -1.21. The van der Waals surface area contributed by atoms with Crippen molar-refractivity contribution in [3.8, 4) is 0 Å². The smallest absolute Gasteiger partial charge is 0.240 e. The average Bonchev–Trinajstić information content (AvgIpc) is 3.08. The normalized spacial score (nSPS) is 16.1. The first-order chi connectivity index (χ1) is 11.5. The Bertz CT molecular complexity index is 783. The zero-order valence-electron chi connectivity index (χ0n) is 14.2. The maximum atomic E-state index is 12.7. The second-order valence-electron chi connectivity index (χ2n) is 6.48. The number of rotatable bonds is 6. The molecule has 3 rings (SSSR count). The van der Waals surface area contributed by atoms with Crippen LogP contribution in [0.25, 0.3) is 0 Å². The molecule has 0 spiro atoms. The predicted molar refractivity (Wildman–Crippen MR) is 99.0 cm³/mol. The zero-order valence-corrected chi connectivity index (χ0v) is 15.8. The molecule has 2 aromatic rings. The average molecular weight is 365 g/mol. The maximum Gasteiger partial charge on any atom is 0.240 e. The highest BCUT2D eigenvalue weighted by Crippen LogP contribution is 2.25. The van der Waals surface area contributed by atoms with Gasteiger partial charge < -0.3 is 4.90 Å². The van der Waals surface area contributed by atoms with Gasteiger partial charge in [0.25, 0.3) is 0 Å². The lowest BCUT2D eigenvalue weighted by atomic mass is 9.92. The van der Waals surface area contributed by atoms with E-state index in [2.05, 4.69) is 4.72 Å². The van der Waals surface area contributed by atoms with Crippen LogP contribution >= 0.6 is 11.3 Å². The molecule has 1 N–H and O–H groups in total. The number of likely N-dealkylation sites (N-methyl/N-ethyl adjacent to an activating group) is 1. The summed E-state index contributed by atoms with van der Waals surface area (Å²) in [4.78, 5) is 3.58. The van der Waals surface area contributed by atoms with Crippen LogP contribution in [0.5, 0.6) is 0 Å². The zero-order chi connectivity index (χ0) is 17.2. The van der Waals surface area contributed by atoms with Gasteiger partial charge in [0.15, 0.2) is 0 Å². The number of thiophene rings is 1. The van der Waals surface area contributed by atoms with E-state index in [0.29, 0.717) is 11.4 Å². The lowest BCUT2D eigenvalue weighted by Crippen LogP contribution is -2.34. The Balaban J connectivity index is 1.76. The predicted octanol–water partition coefficient (Wildman–Crippen LogP) is 3.21. The van der Waals surface area contributed by atoms with E-state index in [4.69, 9.17) is 0 Å². The van der Waals surface area contributed by atoms with Crippen molar-refractivity contribution < 1.29 is 8.42 Å². The van der Waals surface area contributed by atoms with Gasteiger partial charge in [-0.1, -0.05) is 12.1 Å². The van der Waals surface area contributed by atoms with E-state index in [1.807, 2.05) is 48.6 Å². The molecule has 4 nitrogen and oxygen atoms in total. The first-order valence-corrected chi connectivity index (χ1v) is 10.6. The molecule has 1 atom stereocenters. The molecular weight excluding hydrogens is 340 g/mol. The van der Waals surface area contributed by atoms with Gasteiger partial charge in [-0.2, -0.15) is 0 Å². The molecule has 0 saturated heterocycles. The van der Waals surface area contributed by atoms with Crippen molar-refractivity contribution in [2.24, 2.45) is 0 Å². The molecule has 130 valence electrons. The minimum atomic E-state index is -3.49. The molecule has 1 heterocycles. The van der Waals surface area contributed by atoms with Crippen LogP contribution in [0.2, 0.25) is 0 Å². The Morgan fingerprint density at radius 1 is 1.17 bits per heavy atom. The molecule has 6 heteroatoms. The van der Waals surface area contributed by atoms with Crippen molar-refractivity contribution in [2.45, 2.75) is 36.6 Å². The van der Waals surface area contributed by atoms with Crippen LogP contribution in [0, 0.1) is 0 Å². The van der Waals surface area contributed by atoms with Gasteiger partial charge in [0.2, 0.25) is 10.0 Å². The van der Waals surface area contributed by atoms with Gasteiger partial charge in [-0.25, -0.2) is 13.1 Å². The summed E-state index contributed by atoms with van der Waals surface area (Å²) in [7, 11) is 0.454. The van der Waals surface area contributed by atoms with E-state index in [9.17, 15) is 8.42 Å². The third kappa shape index (κ3) is 3.88. The third-order valence-corrected chi connectivity index (χ3v) is 6.99. The molecule has 0 aliphatic heterocycles. The van der Waals surface area contributed by atoms with Crippen molar-refractivity contribution in [2.75, 3.05) is 20.6 Å². The van der Waals surface area contributed by atoms with Gasteiger partial charge in [0.1, 0.15) is 0 Å². The number of aryl methyl sites for hydroxylation is 2. The molecule has 0 saturated carbocycles. The summed E-state index contributed by atoms with van der Waals surface area (Å²) in [6, 6.07) is 9.65. The highest BCUT2D eigenvalue weighted by Gasteiger charge is 2.21. The Morgan fingerprint density at radius 3 is 2.58 bits per heavy atom. The number of hydrogen-bond acceptors (Lipinski definition) is 4. The molecule has 0 bridgehead atoms. The molecule has 1 aliphatic rings. The van der Waals surface area contributed by atoms with Crippen LogP contribution in [-0.2, 0) is 22.9 Å². The lowest BCUT2D eigenvalue weighted by molar-refractivity contribution is 0.303. The Kier molecular flexibility index (Phi) is 5.39. The molecule has 0 radical (unpaired) electrons. The van der Waals surface area contributed by atoms with Crippen molar-refractivity contribution >= 4 is 21.4 Å². The molecule has 0 amide bonds. The van der Waals surface area contributed by atoms with Gasteiger partial charge in [0, 0.05) is 11.4 Å². The van der Waals surface area contributed by atoms with Gasteiger partial charge in [0.05, 0.1) is 10.9 Å². The quantitative estimate of drug-likeness (QED) is 0.856. The SMILES string of the molecule is CN(C)C(CNS(=O)(=O)c1ccc2c(c1)CCCC2)c1cccs1. The highest BCUT2D eigenvalue weighted by atomic mass is 32.2. The van der Waals surface area contributed by atoms with Gasteiger partial charge in [-0.3, -0.25) is 0 Å². The van der Waals surface area contributed by atoms with Crippen molar-refractivity contribution in [1.82, 2.24) is 9.62 Å². The molecule has 1 aromatic carbocycles. The molecule has 1 aliphatic carbocycles. The molecule has 1 aromatic heterocycles. The summed E-state index contributed by atoms with van der Waals surface area (Å²) >= 11 is 1.65. The first kappa shape index (κ1) is 17.6. The number of nitrogens with one attached hydrogen (secondary N) is 1. The summed E-state index contributed by atoms with van der Waals surface area (Å²) in [5.74, 6) is 0. The summed E-state index contributed by atoms with van der Waals surface area (Å²) in [5.41, 5.74) is 2.48. The number of benzene rings is 1. The number of hydrogen-bond donors (Lipinski definition) is 1. The summed E-state index contributed by atoms with van der Waals surface area (Å²) in [6.45, 7) is 0.368. The first-order valence-electron chi connectivity index (χ1n) is 8.28. The second-order valence-corrected chi connectivity index (χ2v) is 9.23. The molecule has 1 unspecified atom stereocenters. The Morgan fingerprint density at radius 2 is 1.92 bits per heavy atom. The van der Waals surface area contributed by atoms with Gasteiger partial charge >= 0.3 is 0 Å². The fourth-order valence-corrected chi connectivity index (χ4v) is 5.18. The lowest BCUT2D eigenvalue weighted by Gasteiger charge is -2.23. The van der Waals surface area contributed by atoms with E-state index in [-0.39, 0.29) is 6.04 Å². The molecule has 24 heavy (non-hydrogen) atoms. The highest BCUT2D eigenvalue weighted by molar-refractivity contribution is 7.89. The number of sulfonamides is 1. The fraction of sp³-hybridized carbons (Fsp3) is 0.444. The summed E-state index contributed by atoms with van der Waals surface area (Å²) in [5, 5.41) is 2.02. The standard InChI is InChI=1S/C18H24N2O2S2/c1-20(2)17(18-8-5-11-23-18)13-19-24(21,22)16-10-9-14-6-3-4-7-15(14)12-16/h5,8-12,17,19H,3-4,6-7,13H2,1-2H3. The minimum absolute atomic E-state index is 0.0393. The van der Waals surface area contributed by atoms with Crippen molar-refractivity contribution in [1.29, 1.82) is 0 Å². The number of nitrogens with zero attached hydrogens (tertiary/aromatic N) is 1. The fourth-order valence-electron chi connectivity index (χ4n) is 3.17. The van der Waals surface area contributed by atoms with E-state index in [0.717, 1.165) is 24.1 Å². The van der Waals surface area contributed by atoms with Gasteiger partial charge in [-0.05, 0) is 74.5 Å². The van der Waals surface area contributed by atoms with Crippen LogP contribution in [0.3, 0.4) is 0 Å². The minimum Gasteiger partial charge on any atom is -0.300 e. The van der Waals surface area contributed by atoms with Crippen molar-refractivity contribution in [3.63, 3.8) is 0 Å². The van der Waals surface area contributed by atoms with Crippen LogP contribution < -0.4 is 4.72 Å². The Labute approximate surface area is 148 Å². The topological polar surface area (TPSA) is 49.4 Å². The van der Waals surface area contributed by atoms with E-state index in [1.54, 1.807) is 17.4 Å². The number of fused-ring (bicyclic) bond motifs is 1. The van der Waals surface area contributed by atoms with E-state index < -0.39 is 10.0 Å². The van der Waals surface area contributed by atoms with Crippen LogP contribution in [0.4, 0.5) is 0 Å². The molecule has 0 fully saturated rings. The van der Waals surface area contributed by atoms with Crippen LogP contribution in [-0.4, -0.2) is 34.0 Å².